The van der Waals surface area contributed by atoms with Gasteiger partial charge in [0.1, 0.15) is 0 Å². The predicted octanol–water partition coefficient (Wildman–Crippen LogP) is 1.44. The van der Waals surface area contributed by atoms with Gasteiger partial charge in [0.2, 0.25) is 0 Å². The molecule has 91 valence electrons. The number of carbonyl (C=O) groups excluding carboxylic acids is 1. The molecule has 0 aromatic rings. The van der Waals surface area contributed by atoms with Gasteiger partial charge >= 0.3 is 6.03 Å². The summed E-state index contributed by atoms with van der Waals surface area (Å²) in [4.78, 5) is 15.9. The van der Waals surface area contributed by atoms with Crippen molar-refractivity contribution in [1.29, 1.82) is 0 Å². The van der Waals surface area contributed by atoms with E-state index in [-0.39, 0.29) is 6.03 Å². The van der Waals surface area contributed by atoms with Crippen LogP contribution >= 0.6 is 0 Å². The Balaban J connectivity index is 1.74. The third-order valence-corrected chi connectivity index (χ3v) is 3.59. The highest BCUT2D eigenvalue weighted by Gasteiger charge is 2.22. The fourth-order valence-electron chi connectivity index (χ4n) is 2.46. The standard InChI is InChI=1S/C12H22N3O/c1-14-7-9-15(10-8-14)12(16)13-11-5-3-2-4-6-11/h11H,1-10H2,(H,13,16). The third-order valence-electron chi connectivity index (χ3n) is 3.59. The minimum Gasteiger partial charge on any atom is -0.335 e. The quantitative estimate of drug-likeness (QED) is 0.731. The molecule has 0 atom stereocenters. The predicted molar refractivity (Wildman–Crippen MR) is 63.9 cm³/mol. The van der Waals surface area contributed by atoms with E-state index in [1.54, 1.807) is 0 Å². The van der Waals surface area contributed by atoms with Crippen molar-refractivity contribution in [2.75, 3.05) is 26.2 Å². The molecule has 0 aromatic carbocycles. The van der Waals surface area contributed by atoms with Gasteiger partial charge in [-0.15, -0.1) is 0 Å². The number of urea groups is 1. The highest BCUT2D eigenvalue weighted by atomic mass is 16.2. The second kappa shape index (κ2) is 5.53. The zero-order chi connectivity index (χ0) is 11.4. The van der Waals surface area contributed by atoms with Crippen LogP contribution in [0.3, 0.4) is 0 Å². The first kappa shape index (κ1) is 11.7. The number of hydrogen-bond acceptors (Lipinski definition) is 2. The molecule has 1 aliphatic carbocycles. The Hall–Kier alpha value is -0.770. The number of nitrogens with zero attached hydrogens (tertiary/aromatic N) is 2. The molecule has 0 aromatic heterocycles. The maximum Gasteiger partial charge on any atom is 0.317 e. The van der Waals surface area contributed by atoms with Gasteiger partial charge in [0.25, 0.3) is 0 Å². The Labute approximate surface area is 98.0 Å². The summed E-state index contributed by atoms with van der Waals surface area (Å²) in [5.41, 5.74) is 0. The smallest absolute Gasteiger partial charge is 0.317 e. The van der Waals surface area contributed by atoms with Crippen LogP contribution in [0, 0.1) is 7.05 Å². The molecule has 0 spiro atoms. The number of carbonyl (C=O) groups is 1. The normalized spacial score (nSPS) is 24.4. The summed E-state index contributed by atoms with van der Waals surface area (Å²) >= 11 is 0. The molecule has 0 unspecified atom stereocenters. The zero-order valence-electron chi connectivity index (χ0n) is 9.95. The average Bonchev–Trinajstić information content (AvgIpc) is 2.31. The minimum atomic E-state index is 0.125. The van der Waals surface area contributed by atoms with Crippen LogP contribution in [0.5, 0.6) is 0 Å². The van der Waals surface area contributed by atoms with Gasteiger partial charge in [-0.25, -0.2) is 4.79 Å². The van der Waals surface area contributed by atoms with E-state index >= 15 is 0 Å². The number of nitrogens with one attached hydrogen (secondary N) is 1. The van der Waals surface area contributed by atoms with Crippen LogP contribution in [0.15, 0.2) is 0 Å². The highest BCUT2D eigenvalue weighted by Crippen LogP contribution is 2.17. The van der Waals surface area contributed by atoms with Crippen molar-refractivity contribution in [3.63, 3.8) is 0 Å². The summed E-state index contributed by atoms with van der Waals surface area (Å²) in [5.74, 6) is 0. The maximum atomic E-state index is 11.9. The Morgan fingerprint density at radius 3 is 2.31 bits per heavy atom. The summed E-state index contributed by atoms with van der Waals surface area (Å²) in [5, 5.41) is 3.15. The van der Waals surface area contributed by atoms with Gasteiger partial charge in [-0.05, 0) is 12.8 Å². The van der Waals surface area contributed by atoms with Crippen molar-refractivity contribution in [2.24, 2.45) is 0 Å². The average molecular weight is 224 g/mol. The Morgan fingerprint density at radius 1 is 1.06 bits per heavy atom. The number of amides is 2. The monoisotopic (exact) mass is 224 g/mol. The van der Waals surface area contributed by atoms with Crippen LogP contribution in [-0.4, -0.2) is 48.1 Å². The fraction of sp³-hybridized carbons (Fsp3) is 0.833. The van der Waals surface area contributed by atoms with Crippen LogP contribution in [0.2, 0.25) is 0 Å². The highest BCUT2D eigenvalue weighted by molar-refractivity contribution is 5.74. The van der Waals surface area contributed by atoms with Gasteiger partial charge in [0.15, 0.2) is 0 Å². The van der Waals surface area contributed by atoms with E-state index in [1.165, 1.54) is 19.3 Å². The van der Waals surface area contributed by atoms with E-state index in [2.05, 4.69) is 12.4 Å². The lowest BCUT2D eigenvalue weighted by molar-refractivity contribution is 0.156. The Kier molecular flexibility index (Phi) is 4.04. The van der Waals surface area contributed by atoms with Gasteiger partial charge in [-0.2, -0.15) is 0 Å². The van der Waals surface area contributed by atoms with Crippen LogP contribution in [-0.2, 0) is 0 Å². The molecule has 4 heteroatoms. The molecule has 2 aliphatic rings. The van der Waals surface area contributed by atoms with E-state index in [4.69, 9.17) is 0 Å². The van der Waals surface area contributed by atoms with E-state index in [1.807, 2.05) is 9.80 Å². The van der Waals surface area contributed by atoms with E-state index in [0.29, 0.717) is 6.04 Å². The molecule has 1 aliphatic heterocycles. The Bertz CT molecular complexity index is 230. The second-order valence-corrected chi connectivity index (χ2v) is 4.89. The summed E-state index contributed by atoms with van der Waals surface area (Å²) in [6.45, 7) is 3.39. The van der Waals surface area contributed by atoms with Crippen molar-refractivity contribution in [3.8, 4) is 0 Å². The van der Waals surface area contributed by atoms with Crippen molar-refractivity contribution in [2.45, 2.75) is 38.1 Å². The van der Waals surface area contributed by atoms with Crippen molar-refractivity contribution in [3.05, 3.63) is 7.05 Å². The summed E-state index contributed by atoms with van der Waals surface area (Å²) < 4.78 is 0. The van der Waals surface area contributed by atoms with Crippen molar-refractivity contribution in [1.82, 2.24) is 15.1 Å². The zero-order valence-corrected chi connectivity index (χ0v) is 9.95. The SMILES string of the molecule is [CH2]N1CCN(C(=O)NC2CCCCC2)CC1. The second-order valence-electron chi connectivity index (χ2n) is 4.89. The van der Waals surface area contributed by atoms with Gasteiger partial charge in [-0.3, -0.25) is 4.90 Å². The molecule has 4 nitrogen and oxygen atoms in total. The van der Waals surface area contributed by atoms with Crippen molar-refractivity contribution >= 4 is 6.03 Å². The fourth-order valence-corrected chi connectivity index (χ4v) is 2.46. The number of rotatable bonds is 1. The van der Waals surface area contributed by atoms with E-state index in [0.717, 1.165) is 39.0 Å². The molecule has 1 saturated heterocycles. The lowest BCUT2D eigenvalue weighted by Gasteiger charge is -2.34. The molecular formula is C12H22N3O. The molecule has 0 bridgehead atoms. The molecule has 1 radical (unpaired) electrons. The van der Waals surface area contributed by atoms with Crippen LogP contribution < -0.4 is 5.32 Å². The molecule has 1 N–H and O–H groups in total. The molecule has 2 fully saturated rings. The summed E-state index contributed by atoms with van der Waals surface area (Å²) in [7, 11) is 3.88. The van der Waals surface area contributed by atoms with E-state index in [9.17, 15) is 4.79 Å². The summed E-state index contributed by atoms with van der Waals surface area (Å²) in [6.07, 6.45) is 6.16. The molecule has 1 saturated carbocycles. The van der Waals surface area contributed by atoms with Crippen LogP contribution in [0.4, 0.5) is 4.79 Å². The van der Waals surface area contributed by atoms with Gasteiger partial charge < -0.3 is 10.2 Å². The maximum absolute atomic E-state index is 11.9. The largest absolute Gasteiger partial charge is 0.335 e. The summed E-state index contributed by atoms with van der Waals surface area (Å²) in [6, 6.07) is 0.541. The number of hydrogen-bond donors (Lipinski definition) is 1. The first-order chi connectivity index (χ1) is 7.75. The van der Waals surface area contributed by atoms with E-state index < -0.39 is 0 Å². The van der Waals surface area contributed by atoms with Crippen LogP contribution in [0.1, 0.15) is 32.1 Å². The Morgan fingerprint density at radius 2 is 1.69 bits per heavy atom. The van der Waals surface area contributed by atoms with Crippen LogP contribution in [0.25, 0.3) is 0 Å². The third kappa shape index (κ3) is 3.11. The lowest BCUT2D eigenvalue weighted by Crippen LogP contribution is -2.52. The molecule has 1 heterocycles. The first-order valence-corrected chi connectivity index (χ1v) is 6.36. The van der Waals surface area contributed by atoms with Gasteiger partial charge in [0, 0.05) is 39.3 Å². The number of piperazine rings is 1. The molecule has 16 heavy (non-hydrogen) atoms. The first-order valence-electron chi connectivity index (χ1n) is 6.36. The molecule has 2 rings (SSSR count). The van der Waals surface area contributed by atoms with Crippen molar-refractivity contribution < 1.29 is 4.79 Å². The molecule has 2 amide bonds. The van der Waals surface area contributed by atoms with Gasteiger partial charge in [-0.1, -0.05) is 19.3 Å². The lowest BCUT2D eigenvalue weighted by atomic mass is 9.96. The topological polar surface area (TPSA) is 35.6 Å². The molecular weight excluding hydrogens is 202 g/mol. The minimum absolute atomic E-state index is 0.125. The van der Waals surface area contributed by atoms with Gasteiger partial charge in [0.05, 0.1) is 0 Å².